The van der Waals surface area contributed by atoms with E-state index in [1.54, 1.807) is 0 Å². The van der Waals surface area contributed by atoms with Crippen LogP contribution >= 0.6 is 0 Å². The van der Waals surface area contributed by atoms with E-state index >= 15 is 0 Å². The van der Waals surface area contributed by atoms with Crippen molar-refractivity contribution in [3.63, 3.8) is 0 Å². The molecule has 0 saturated carbocycles. The Bertz CT molecular complexity index is 1310. The Morgan fingerprint density at radius 1 is 0.684 bits per heavy atom. The number of rotatable bonds is 13. The maximum absolute atomic E-state index is 10.8. The van der Waals surface area contributed by atoms with Gasteiger partial charge in [0.25, 0.3) is 0 Å². The summed E-state index contributed by atoms with van der Waals surface area (Å²) in [5.41, 5.74) is 7.86. The smallest absolute Gasteiger partial charge is 0.303 e. The fourth-order valence-electron chi connectivity index (χ4n) is 4.43. The molecule has 0 heterocycles. The summed E-state index contributed by atoms with van der Waals surface area (Å²) in [5, 5.41) is 8.84. The quantitative estimate of drug-likeness (QED) is 0.193. The summed E-state index contributed by atoms with van der Waals surface area (Å²) in [7, 11) is 0. The van der Waals surface area contributed by atoms with Gasteiger partial charge in [0.15, 0.2) is 0 Å². The van der Waals surface area contributed by atoms with Gasteiger partial charge in [0.1, 0.15) is 24.7 Å². The van der Waals surface area contributed by atoms with Crippen LogP contribution in [0.25, 0.3) is 11.1 Å². The van der Waals surface area contributed by atoms with Crippen LogP contribution in [-0.4, -0.2) is 24.3 Å². The average molecular weight is 511 g/mol. The molecule has 4 aromatic rings. The lowest BCUT2D eigenvalue weighted by molar-refractivity contribution is -0.136. The van der Waals surface area contributed by atoms with Gasteiger partial charge >= 0.3 is 5.97 Å². The molecule has 0 aliphatic heterocycles. The SMILES string of the molecule is Cc1cc(OCCOCc2ccccc2)cc(C)c1-c1cccc(COc2ccc(CCC(=O)O)cc2)c1. The molecule has 0 aromatic heterocycles. The first-order valence-corrected chi connectivity index (χ1v) is 12.9. The van der Waals surface area contributed by atoms with Crippen molar-refractivity contribution in [1.82, 2.24) is 0 Å². The van der Waals surface area contributed by atoms with Crippen molar-refractivity contribution in [3.8, 4) is 22.6 Å². The maximum Gasteiger partial charge on any atom is 0.303 e. The molecule has 0 amide bonds. The molecular weight excluding hydrogens is 476 g/mol. The van der Waals surface area contributed by atoms with E-state index in [-0.39, 0.29) is 6.42 Å². The minimum atomic E-state index is -0.790. The van der Waals surface area contributed by atoms with Crippen molar-refractivity contribution in [1.29, 1.82) is 0 Å². The highest BCUT2D eigenvalue weighted by Crippen LogP contribution is 2.32. The zero-order valence-electron chi connectivity index (χ0n) is 22.0. The lowest BCUT2D eigenvalue weighted by Gasteiger charge is -2.15. The first-order valence-electron chi connectivity index (χ1n) is 12.9. The summed E-state index contributed by atoms with van der Waals surface area (Å²) in [6.45, 7) is 6.27. The second-order valence-corrected chi connectivity index (χ2v) is 9.35. The molecular formula is C33H34O5. The van der Waals surface area contributed by atoms with Gasteiger partial charge in [-0.1, -0.05) is 60.7 Å². The second kappa shape index (κ2) is 13.5. The molecule has 196 valence electrons. The topological polar surface area (TPSA) is 65.0 Å². The highest BCUT2D eigenvalue weighted by atomic mass is 16.5. The Morgan fingerprint density at radius 3 is 2.11 bits per heavy atom. The van der Waals surface area contributed by atoms with Crippen molar-refractivity contribution in [2.24, 2.45) is 0 Å². The van der Waals surface area contributed by atoms with Crippen molar-refractivity contribution < 1.29 is 24.1 Å². The van der Waals surface area contributed by atoms with Crippen LogP contribution in [-0.2, 0) is 29.2 Å². The molecule has 0 saturated heterocycles. The summed E-state index contributed by atoms with van der Waals surface area (Å²) in [6, 6.07) is 30.3. The van der Waals surface area contributed by atoms with Crippen LogP contribution in [0.5, 0.6) is 11.5 Å². The first kappa shape index (κ1) is 27.0. The van der Waals surface area contributed by atoms with Gasteiger partial charge in [0.2, 0.25) is 0 Å². The number of aryl methyl sites for hydroxylation is 3. The number of hydrogen-bond donors (Lipinski definition) is 1. The number of benzene rings is 4. The monoisotopic (exact) mass is 510 g/mol. The van der Waals surface area contributed by atoms with E-state index in [0.717, 1.165) is 44.9 Å². The molecule has 0 atom stereocenters. The van der Waals surface area contributed by atoms with Crippen LogP contribution in [0.3, 0.4) is 0 Å². The fourth-order valence-corrected chi connectivity index (χ4v) is 4.43. The molecule has 0 aliphatic rings. The van der Waals surface area contributed by atoms with E-state index in [2.05, 4.69) is 62.4 Å². The number of ether oxygens (including phenoxy) is 3. The van der Waals surface area contributed by atoms with Crippen LogP contribution in [0.2, 0.25) is 0 Å². The molecule has 4 rings (SSSR count). The molecule has 0 fully saturated rings. The Kier molecular flexibility index (Phi) is 9.54. The Hall–Kier alpha value is -4.09. The van der Waals surface area contributed by atoms with Crippen LogP contribution in [0.4, 0.5) is 0 Å². The van der Waals surface area contributed by atoms with Gasteiger partial charge in [-0.25, -0.2) is 0 Å². The molecule has 4 aromatic carbocycles. The summed E-state index contributed by atoms with van der Waals surface area (Å²) in [4.78, 5) is 10.8. The summed E-state index contributed by atoms with van der Waals surface area (Å²) < 4.78 is 17.7. The van der Waals surface area contributed by atoms with Gasteiger partial charge in [-0.15, -0.1) is 0 Å². The molecule has 0 radical (unpaired) electrons. The van der Waals surface area contributed by atoms with Gasteiger partial charge in [-0.2, -0.15) is 0 Å². The van der Waals surface area contributed by atoms with Crippen LogP contribution in [0, 0.1) is 13.8 Å². The lowest BCUT2D eigenvalue weighted by atomic mass is 9.94. The third kappa shape index (κ3) is 7.95. The zero-order valence-corrected chi connectivity index (χ0v) is 22.0. The van der Waals surface area contributed by atoms with E-state index in [1.807, 2.05) is 42.5 Å². The Labute approximate surface area is 224 Å². The third-order valence-corrected chi connectivity index (χ3v) is 6.29. The molecule has 38 heavy (non-hydrogen) atoms. The van der Waals surface area contributed by atoms with Gasteiger partial charge in [0, 0.05) is 6.42 Å². The van der Waals surface area contributed by atoms with Crippen molar-refractivity contribution in [3.05, 3.63) is 119 Å². The van der Waals surface area contributed by atoms with Crippen molar-refractivity contribution in [2.45, 2.75) is 39.9 Å². The zero-order chi connectivity index (χ0) is 26.7. The number of carboxylic acid groups (broad SMARTS) is 1. The molecule has 0 bridgehead atoms. The highest BCUT2D eigenvalue weighted by Gasteiger charge is 2.10. The van der Waals surface area contributed by atoms with Crippen LogP contribution in [0.1, 0.15) is 34.2 Å². The van der Waals surface area contributed by atoms with E-state index in [9.17, 15) is 4.79 Å². The van der Waals surface area contributed by atoms with Gasteiger partial charge in [-0.3, -0.25) is 4.79 Å². The summed E-state index contributed by atoms with van der Waals surface area (Å²) >= 11 is 0. The van der Waals surface area contributed by atoms with E-state index in [4.69, 9.17) is 19.3 Å². The minimum absolute atomic E-state index is 0.127. The number of aliphatic carboxylic acids is 1. The summed E-state index contributed by atoms with van der Waals surface area (Å²) in [6.07, 6.45) is 0.643. The third-order valence-electron chi connectivity index (χ3n) is 6.29. The first-order chi connectivity index (χ1) is 18.5. The van der Waals surface area contributed by atoms with E-state index < -0.39 is 5.97 Å². The molecule has 0 spiro atoms. The van der Waals surface area contributed by atoms with Crippen molar-refractivity contribution >= 4 is 5.97 Å². The van der Waals surface area contributed by atoms with Crippen LogP contribution in [0.15, 0.2) is 91.0 Å². The van der Waals surface area contributed by atoms with E-state index in [1.165, 1.54) is 5.56 Å². The standard InChI is InChI=1S/C33H34O5/c1-24-19-31(37-18-17-36-22-27-7-4-3-5-8-27)20-25(2)33(24)29-10-6-9-28(21-29)23-38-30-14-11-26(12-15-30)13-16-32(34)35/h3-12,14-15,19-21H,13,16-18,22-23H2,1-2H3,(H,34,35). The largest absolute Gasteiger partial charge is 0.491 e. The van der Waals surface area contributed by atoms with Gasteiger partial charge < -0.3 is 19.3 Å². The molecule has 5 nitrogen and oxygen atoms in total. The van der Waals surface area contributed by atoms with Gasteiger partial charge in [-0.05, 0) is 89.5 Å². The second-order valence-electron chi connectivity index (χ2n) is 9.35. The molecule has 0 aliphatic carbocycles. The summed E-state index contributed by atoms with van der Waals surface area (Å²) in [5.74, 6) is 0.816. The predicted octanol–water partition coefficient (Wildman–Crippen LogP) is 7.16. The Morgan fingerprint density at radius 2 is 1.39 bits per heavy atom. The average Bonchev–Trinajstić information content (AvgIpc) is 2.91. The van der Waals surface area contributed by atoms with Crippen molar-refractivity contribution in [2.75, 3.05) is 13.2 Å². The number of carbonyl (C=O) groups is 1. The maximum atomic E-state index is 10.8. The molecule has 0 unspecified atom stereocenters. The molecule has 5 heteroatoms. The lowest BCUT2D eigenvalue weighted by Crippen LogP contribution is -2.07. The fraction of sp³-hybridized carbons (Fsp3) is 0.242. The number of hydrogen-bond acceptors (Lipinski definition) is 4. The highest BCUT2D eigenvalue weighted by molar-refractivity contribution is 5.72. The van der Waals surface area contributed by atoms with E-state index in [0.29, 0.717) is 32.8 Å². The van der Waals surface area contributed by atoms with Crippen LogP contribution < -0.4 is 9.47 Å². The van der Waals surface area contributed by atoms with Gasteiger partial charge in [0.05, 0.1) is 13.2 Å². The predicted molar refractivity (Wildman–Crippen MR) is 150 cm³/mol. The number of carboxylic acids is 1. The molecule has 1 N–H and O–H groups in total. The normalized spacial score (nSPS) is 10.8. The Balaban J connectivity index is 1.32. The minimum Gasteiger partial charge on any atom is -0.491 e.